The number of benzene rings is 1. The van der Waals surface area contributed by atoms with Crippen molar-refractivity contribution in [1.82, 2.24) is 14.7 Å². The third-order valence-electron chi connectivity index (χ3n) is 7.11. The third-order valence-corrected chi connectivity index (χ3v) is 7.11. The van der Waals surface area contributed by atoms with Crippen LogP contribution < -0.4 is 0 Å². The quantitative estimate of drug-likeness (QED) is 0.815. The van der Waals surface area contributed by atoms with E-state index in [0.29, 0.717) is 23.7 Å². The van der Waals surface area contributed by atoms with E-state index in [9.17, 15) is 4.79 Å². The first-order valence-electron chi connectivity index (χ1n) is 10.9. The molecule has 1 spiro atoms. The molecule has 0 N–H and O–H groups in total. The lowest BCUT2D eigenvalue weighted by atomic mass is 9.68. The van der Waals surface area contributed by atoms with Crippen LogP contribution in [0.25, 0.3) is 0 Å². The van der Waals surface area contributed by atoms with Gasteiger partial charge in [-0.15, -0.1) is 0 Å². The van der Waals surface area contributed by atoms with Crippen molar-refractivity contribution in [3.05, 3.63) is 35.9 Å². The third kappa shape index (κ3) is 4.55. The zero-order valence-corrected chi connectivity index (χ0v) is 16.9. The predicted octanol–water partition coefficient (Wildman–Crippen LogP) is 3.20. The highest BCUT2D eigenvalue weighted by Gasteiger charge is 2.41. The fourth-order valence-corrected chi connectivity index (χ4v) is 5.61. The van der Waals surface area contributed by atoms with Crippen molar-refractivity contribution < 1.29 is 4.79 Å². The molecule has 0 radical (unpaired) electrons. The van der Waals surface area contributed by atoms with Gasteiger partial charge in [0.1, 0.15) is 0 Å². The Morgan fingerprint density at radius 3 is 2.48 bits per heavy atom. The second-order valence-corrected chi connectivity index (χ2v) is 9.19. The number of nitrogens with zero attached hydrogens (tertiary/aromatic N) is 3. The number of amides is 1. The topological polar surface area (TPSA) is 26.8 Å². The van der Waals surface area contributed by atoms with E-state index in [-0.39, 0.29) is 0 Å². The maximum absolute atomic E-state index is 12.3. The fraction of sp³-hybridized carbons (Fsp3) is 0.696. The summed E-state index contributed by atoms with van der Waals surface area (Å²) < 4.78 is 0. The number of piperidine rings is 2. The lowest BCUT2D eigenvalue weighted by molar-refractivity contribution is -0.130. The van der Waals surface area contributed by atoms with Crippen molar-refractivity contribution in [2.75, 3.05) is 52.9 Å². The lowest BCUT2D eigenvalue weighted by Gasteiger charge is -2.49. The Bertz CT molecular complexity index is 618. The van der Waals surface area contributed by atoms with E-state index in [0.717, 1.165) is 32.7 Å². The molecule has 1 unspecified atom stereocenters. The molecule has 1 aromatic carbocycles. The van der Waals surface area contributed by atoms with E-state index in [1.54, 1.807) is 0 Å². The maximum atomic E-state index is 12.3. The van der Waals surface area contributed by atoms with E-state index >= 15 is 0 Å². The summed E-state index contributed by atoms with van der Waals surface area (Å²) in [4.78, 5) is 19.5. The van der Waals surface area contributed by atoms with Gasteiger partial charge in [-0.2, -0.15) is 0 Å². The average Bonchev–Trinajstić information content (AvgIpc) is 3.22. The molecule has 0 bridgehead atoms. The van der Waals surface area contributed by atoms with Crippen molar-refractivity contribution in [3.63, 3.8) is 0 Å². The number of rotatable bonds is 4. The molecule has 3 saturated heterocycles. The van der Waals surface area contributed by atoms with Crippen LogP contribution in [-0.4, -0.2) is 73.5 Å². The van der Waals surface area contributed by atoms with Crippen LogP contribution in [0.4, 0.5) is 0 Å². The molecule has 27 heavy (non-hydrogen) atoms. The molecule has 4 rings (SSSR count). The molecule has 1 amide bonds. The summed E-state index contributed by atoms with van der Waals surface area (Å²) in [6, 6.07) is 11.1. The molecule has 1 atom stereocenters. The van der Waals surface area contributed by atoms with Crippen LogP contribution >= 0.6 is 0 Å². The predicted molar refractivity (Wildman–Crippen MR) is 110 cm³/mol. The van der Waals surface area contributed by atoms with Crippen molar-refractivity contribution in [1.29, 1.82) is 0 Å². The second kappa shape index (κ2) is 8.32. The Labute approximate surface area is 164 Å². The molecule has 1 aromatic rings. The minimum atomic E-state index is 0.370. The van der Waals surface area contributed by atoms with Crippen LogP contribution in [0, 0.1) is 5.41 Å². The Hall–Kier alpha value is -1.39. The van der Waals surface area contributed by atoms with Crippen LogP contribution in [0.15, 0.2) is 30.3 Å². The average molecular weight is 370 g/mol. The van der Waals surface area contributed by atoms with Crippen molar-refractivity contribution in [2.24, 2.45) is 5.41 Å². The molecule has 4 heteroatoms. The molecule has 3 aliphatic heterocycles. The first-order chi connectivity index (χ1) is 13.1. The van der Waals surface area contributed by atoms with Gasteiger partial charge in [0.25, 0.3) is 0 Å². The van der Waals surface area contributed by atoms with Gasteiger partial charge in [0.2, 0.25) is 5.91 Å². The minimum Gasteiger partial charge on any atom is -0.343 e. The Balaban J connectivity index is 1.30. The van der Waals surface area contributed by atoms with Crippen molar-refractivity contribution in [3.8, 4) is 0 Å². The molecule has 4 nitrogen and oxygen atoms in total. The molecule has 0 saturated carbocycles. The SMILES string of the molecule is CN1CC(c2ccccc2)CC2(CCN(CCC(=O)N3CCCC3)CC2)C1. The molecule has 148 valence electrons. The van der Waals surface area contributed by atoms with Gasteiger partial charge >= 0.3 is 0 Å². The Morgan fingerprint density at radius 2 is 1.78 bits per heavy atom. The highest BCUT2D eigenvalue weighted by Crippen LogP contribution is 2.44. The molecule has 3 heterocycles. The van der Waals surface area contributed by atoms with Gasteiger partial charge < -0.3 is 14.7 Å². The number of hydrogen-bond acceptors (Lipinski definition) is 3. The van der Waals surface area contributed by atoms with Crippen molar-refractivity contribution in [2.45, 2.75) is 44.4 Å². The van der Waals surface area contributed by atoms with Crippen LogP contribution in [-0.2, 0) is 4.79 Å². The summed E-state index contributed by atoms with van der Waals surface area (Å²) >= 11 is 0. The van der Waals surface area contributed by atoms with Gasteiger partial charge in [-0.05, 0) is 69.1 Å². The first kappa shape index (κ1) is 18.9. The highest BCUT2D eigenvalue weighted by atomic mass is 16.2. The van der Waals surface area contributed by atoms with Crippen LogP contribution in [0.1, 0.15) is 50.0 Å². The zero-order chi connectivity index (χ0) is 18.7. The van der Waals surface area contributed by atoms with Gasteiger partial charge in [-0.3, -0.25) is 4.79 Å². The number of carbonyl (C=O) groups is 1. The Kier molecular flexibility index (Phi) is 5.84. The molecule has 0 aromatic heterocycles. The van der Waals surface area contributed by atoms with E-state index in [4.69, 9.17) is 0 Å². The zero-order valence-electron chi connectivity index (χ0n) is 16.9. The number of hydrogen-bond donors (Lipinski definition) is 0. The maximum Gasteiger partial charge on any atom is 0.223 e. The summed E-state index contributed by atoms with van der Waals surface area (Å²) in [6.45, 7) is 7.63. The summed E-state index contributed by atoms with van der Waals surface area (Å²) in [6.07, 6.45) is 6.96. The van der Waals surface area contributed by atoms with Gasteiger partial charge in [0.15, 0.2) is 0 Å². The van der Waals surface area contributed by atoms with Gasteiger partial charge in [0.05, 0.1) is 0 Å². The van der Waals surface area contributed by atoms with E-state index in [2.05, 4.69) is 52.1 Å². The number of likely N-dealkylation sites (tertiary alicyclic amines) is 3. The van der Waals surface area contributed by atoms with Gasteiger partial charge in [0, 0.05) is 39.1 Å². The minimum absolute atomic E-state index is 0.370. The van der Waals surface area contributed by atoms with Crippen molar-refractivity contribution >= 4 is 5.91 Å². The first-order valence-corrected chi connectivity index (χ1v) is 10.9. The van der Waals surface area contributed by atoms with Gasteiger partial charge in [-0.25, -0.2) is 0 Å². The van der Waals surface area contributed by atoms with E-state index in [1.165, 1.54) is 50.8 Å². The highest BCUT2D eigenvalue weighted by molar-refractivity contribution is 5.76. The molecular formula is C23H35N3O. The Morgan fingerprint density at radius 1 is 1.07 bits per heavy atom. The monoisotopic (exact) mass is 369 g/mol. The summed E-state index contributed by atoms with van der Waals surface area (Å²) in [5, 5.41) is 0. The van der Waals surface area contributed by atoms with E-state index in [1.807, 2.05) is 0 Å². The molecule has 3 aliphatic rings. The molecule has 0 aliphatic carbocycles. The fourth-order valence-electron chi connectivity index (χ4n) is 5.61. The number of likely N-dealkylation sites (N-methyl/N-ethyl adjacent to an activating group) is 1. The van der Waals surface area contributed by atoms with Crippen LogP contribution in [0.3, 0.4) is 0 Å². The summed E-state index contributed by atoms with van der Waals surface area (Å²) in [5.74, 6) is 1.03. The normalized spacial score (nSPS) is 26.6. The summed E-state index contributed by atoms with van der Waals surface area (Å²) in [5.41, 5.74) is 1.96. The van der Waals surface area contributed by atoms with Gasteiger partial charge in [-0.1, -0.05) is 30.3 Å². The van der Waals surface area contributed by atoms with Crippen LogP contribution in [0.5, 0.6) is 0 Å². The van der Waals surface area contributed by atoms with E-state index < -0.39 is 0 Å². The molecule has 3 fully saturated rings. The number of carbonyl (C=O) groups excluding carboxylic acids is 1. The lowest BCUT2D eigenvalue weighted by Crippen LogP contribution is -2.50. The molecular weight excluding hydrogens is 334 g/mol. The smallest absolute Gasteiger partial charge is 0.223 e. The largest absolute Gasteiger partial charge is 0.343 e. The second-order valence-electron chi connectivity index (χ2n) is 9.19. The standard InChI is InChI=1S/C23H35N3O/c1-24-18-21(20-7-3-2-4-8-20)17-23(19-24)10-15-25(16-11-23)14-9-22(27)26-12-5-6-13-26/h2-4,7-8,21H,5-6,9-19H2,1H3. The summed E-state index contributed by atoms with van der Waals surface area (Å²) in [7, 11) is 2.29. The van der Waals surface area contributed by atoms with Crippen LogP contribution in [0.2, 0.25) is 0 Å².